The van der Waals surface area contributed by atoms with Crippen molar-refractivity contribution in [1.82, 2.24) is 5.32 Å². The molecule has 0 saturated heterocycles. The van der Waals surface area contributed by atoms with Crippen molar-refractivity contribution in [3.05, 3.63) is 60.2 Å². The molecule has 2 atom stereocenters. The molecule has 0 unspecified atom stereocenters. The van der Waals surface area contributed by atoms with E-state index in [9.17, 15) is 4.79 Å². The molecule has 1 amide bonds. The van der Waals surface area contributed by atoms with Crippen LogP contribution in [0.3, 0.4) is 0 Å². The van der Waals surface area contributed by atoms with Gasteiger partial charge in [-0.25, -0.2) is 0 Å². The minimum atomic E-state index is -0.570. The number of ether oxygens (including phenoxy) is 2. The number of carbonyl (C=O) groups is 1. The quantitative estimate of drug-likeness (QED) is 0.890. The number of hydrogen-bond donors (Lipinski definition) is 1. The van der Waals surface area contributed by atoms with Gasteiger partial charge < -0.3 is 14.8 Å². The van der Waals surface area contributed by atoms with Gasteiger partial charge in [0.2, 0.25) is 0 Å². The monoisotopic (exact) mass is 299 g/mol. The van der Waals surface area contributed by atoms with E-state index in [1.807, 2.05) is 61.5 Å². The molecule has 0 aliphatic carbocycles. The Labute approximate surface area is 131 Å². The molecule has 0 heterocycles. The number of para-hydroxylation sites is 2. The van der Waals surface area contributed by atoms with Gasteiger partial charge in [0.25, 0.3) is 5.91 Å². The Bertz CT molecular complexity index is 613. The number of benzene rings is 2. The average Bonchev–Trinajstić information content (AvgIpc) is 2.55. The van der Waals surface area contributed by atoms with Gasteiger partial charge in [-0.05, 0) is 32.0 Å². The summed E-state index contributed by atoms with van der Waals surface area (Å²) in [4.78, 5) is 12.3. The van der Waals surface area contributed by atoms with Crippen molar-refractivity contribution in [1.29, 1.82) is 0 Å². The van der Waals surface area contributed by atoms with Gasteiger partial charge in [0.15, 0.2) is 6.10 Å². The molecule has 2 rings (SSSR count). The Morgan fingerprint density at radius 3 is 2.32 bits per heavy atom. The summed E-state index contributed by atoms with van der Waals surface area (Å²) >= 11 is 0. The van der Waals surface area contributed by atoms with E-state index in [1.165, 1.54) is 0 Å². The van der Waals surface area contributed by atoms with E-state index >= 15 is 0 Å². The van der Waals surface area contributed by atoms with Crippen LogP contribution in [0.2, 0.25) is 0 Å². The predicted octanol–water partition coefficient (Wildman–Crippen LogP) is 3.34. The van der Waals surface area contributed by atoms with Gasteiger partial charge in [-0.3, -0.25) is 4.79 Å². The minimum Gasteiger partial charge on any atom is -0.496 e. The summed E-state index contributed by atoms with van der Waals surface area (Å²) in [6, 6.07) is 16.8. The van der Waals surface area contributed by atoms with Crippen molar-refractivity contribution in [2.45, 2.75) is 26.0 Å². The Hall–Kier alpha value is -2.49. The van der Waals surface area contributed by atoms with Crippen molar-refractivity contribution in [2.75, 3.05) is 7.11 Å². The first kappa shape index (κ1) is 15.9. The second kappa shape index (κ2) is 7.50. The lowest BCUT2D eigenvalue weighted by Crippen LogP contribution is -2.37. The van der Waals surface area contributed by atoms with Gasteiger partial charge in [-0.2, -0.15) is 0 Å². The molecule has 22 heavy (non-hydrogen) atoms. The van der Waals surface area contributed by atoms with E-state index in [0.29, 0.717) is 5.75 Å². The van der Waals surface area contributed by atoms with Crippen LogP contribution in [0.1, 0.15) is 25.5 Å². The highest BCUT2D eigenvalue weighted by Gasteiger charge is 2.19. The maximum absolute atomic E-state index is 12.3. The molecule has 2 aromatic carbocycles. The highest BCUT2D eigenvalue weighted by molar-refractivity contribution is 5.81. The molecular weight excluding hydrogens is 278 g/mol. The van der Waals surface area contributed by atoms with Crippen molar-refractivity contribution >= 4 is 5.91 Å². The van der Waals surface area contributed by atoms with Gasteiger partial charge in [-0.1, -0.05) is 36.4 Å². The molecule has 0 aliphatic rings. The standard InChI is InChI=1S/C18H21NO3/c1-13(16-11-7-8-12-17(16)21-3)19-18(20)14(2)22-15-9-5-4-6-10-15/h4-14H,1-3H3,(H,19,20)/t13-,14-/m0/s1. The van der Waals surface area contributed by atoms with Crippen LogP contribution in [0.4, 0.5) is 0 Å². The molecule has 4 nitrogen and oxygen atoms in total. The molecule has 0 bridgehead atoms. The van der Waals surface area contributed by atoms with Crippen molar-refractivity contribution in [3.8, 4) is 11.5 Å². The van der Waals surface area contributed by atoms with Gasteiger partial charge in [0.05, 0.1) is 13.2 Å². The Balaban J connectivity index is 1.98. The lowest BCUT2D eigenvalue weighted by atomic mass is 10.1. The van der Waals surface area contributed by atoms with Gasteiger partial charge >= 0.3 is 0 Å². The molecule has 116 valence electrons. The third-order valence-electron chi connectivity index (χ3n) is 3.39. The number of carbonyl (C=O) groups excluding carboxylic acids is 1. The summed E-state index contributed by atoms with van der Waals surface area (Å²) in [7, 11) is 1.62. The van der Waals surface area contributed by atoms with Crippen LogP contribution in [-0.2, 0) is 4.79 Å². The maximum atomic E-state index is 12.3. The van der Waals surface area contributed by atoms with E-state index in [-0.39, 0.29) is 11.9 Å². The summed E-state index contributed by atoms with van der Waals surface area (Å²) in [5.74, 6) is 1.27. The van der Waals surface area contributed by atoms with Crippen LogP contribution >= 0.6 is 0 Å². The zero-order chi connectivity index (χ0) is 15.9. The highest BCUT2D eigenvalue weighted by atomic mass is 16.5. The van der Waals surface area contributed by atoms with Crippen LogP contribution in [0.5, 0.6) is 11.5 Å². The van der Waals surface area contributed by atoms with Gasteiger partial charge in [0, 0.05) is 5.56 Å². The molecule has 0 aliphatic heterocycles. The van der Waals surface area contributed by atoms with Crippen LogP contribution in [0.25, 0.3) is 0 Å². The summed E-state index contributed by atoms with van der Waals surface area (Å²) in [6.45, 7) is 3.66. The first-order valence-corrected chi connectivity index (χ1v) is 7.27. The van der Waals surface area contributed by atoms with E-state index in [0.717, 1.165) is 11.3 Å². The number of rotatable bonds is 6. The first-order valence-electron chi connectivity index (χ1n) is 7.27. The molecule has 0 radical (unpaired) electrons. The van der Waals surface area contributed by atoms with Crippen LogP contribution < -0.4 is 14.8 Å². The zero-order valence-corrected chi connectivity index (χ0v) is 13.1. The third-order valence-corrected chi connectivity index (χ3v) is 3.39. The van der Waals surface area contributed by atoms with E-state index in [1.54, 1.807) is 14.0 Å². The zero-order valence-electron chi connectivity index (χ0n) is 13.1. The predicted molar refractivity (Wildman–Crippen MR) is 86.1 cm³/mol. The maximum Gasteiger partial charge on any atom is 0.261 e. The summed E-state index contributed by atoms with van der Waals surface area (Å²) in [5, 5.41) is 2.95. The van der Waals surface area contributed by atoms with E-state index in [4.69, 9.17) is 9.47 Å². The molecular formula is C18H21NO3. The molecule has 0 fully saturated rings. The fourth-order valence-electron chi connectivity index (χ4n) is 2.19. The fourth-order valence-corrected chi connectivity index (χ4v) is 2.19. The van der Waals surface area contributed by atoms with E-state index < -0.39 is 6.10 Å². The number of methoxy groups -OCH3 is 1. The molecule has 2 aromatic rings. The fraction of sp³-hybridized carbons (Fsp3) is 0.278. The summed E-state index contributed by atoms with van der Waals surface area (Å²) in [5.41, 5.74) is 0.935. The normalized spacial score (nSPS) is 13.0. The topological polar surface area (TPSA) is 47.6 Å². The van der Waals surface area contributed by atoms with Gasteiger partial charge in [-0.15, -0.1) is 0 Å². The Morgan fingerprint density at radius 2 is 1.64 bits per heavy atom. The highest BCUT2D eigenvalue weighted by Crippen LogP contribution is 2.24. The lowest BCUT2D eigenvalue weighted by molar-refractivity contribution is -0.127. The molecule has 0 aromatic heterocycles. The molecule has 1 N–H and O–H groups in total. The van der Waals surface area contributed by atoms with Gasteiger partial charge in [0.1, 0.15) is 11.5 Å². The second-order valence-corrected chi connectivity index (χ2v) is 5.05. The van der Waals surface area contributed by atoms with Crippen LogP contribution in [0, 0.1) is 0 Å². The Kier molecular flexibility index (Phi) is 5.42. The number of hydrogen-bond acceptors (Lipinski definition) is 3. The molecule has 0 spiro atoms. The largest absolute Gasteiger partial charge is 0.496 e. The first-order chi connectivity index (χ1) is 10.6. The smallest absolute Gasteiger partial charge is 0.261 e. The van der Waals surface area contributed by atoms with Crippen molar-refractivity contribution in [2.24, 2.45) is 0 Å². The average molecular weight is 299 g/mol. The summed E-state index contributed by atoms with van der Waals surface area (Å²) < 4.78 is 10.9. The van der Waals surface area contributed by atoms with E-state index in [2.05, 4.69) is 5.32 Å². The second-order valence-electron chi connectivity index (χ2n) is 5.05. The number of amides is 1. The third kappa shape index (κ3) is 4.01. The SMILES string of the molecule is COc1ccccc1[C@H](C)NC(=O)[C@H](C)Oc1ccccc1. The van der Waals surface area contributed by atoms with Crippen LogP contribution in [-0.4, -0.2) is 19.1 Å². The molecule has 4 heteroatoms. The number of nitrogens with one attached hydrogen (secondary N) is 1. The van der Waals surface area contributed by atoms with Crippen molar-refractivity contribution < 1.29 is 14.3 Å². The van der Waals surface area contributed by atoms with Crippen LogP contribution in [0.15, 0.2) is 54.6 Å². The lowest BCUT2D eigenvalue weighted by Gasteiger charge is -2.20. The van der Waals surface area contributed by atoms with Crippen molar-refractivity contribution in [3.63, 3.8) is 0 Å². The molecule has 0 saturated carbocycles. The summed E-state index contributed by atoms with van der Waals surface area (Å²) in [6.07, 6.45) is -0.570. The Morgan fingerprint density at radius 1 is 1.00 bits per heavy atom. The minimum absolute atomic E-state index is 0.162.